The van der Waals surface area contributed by atoms with Crippen LogP contribution in [0, 0.1) is 6.92 Å². The first kappa shape index (κ1) is 17.4. The van der Waals surface area contributed by atoms with Crippen LogP contribution in [0.3, 0.4) is 0 Å². The Labute approximate surface area is 148 Å². The minimum Gasteiger partial charge on any atom is -0.354 e. The highest BCUT2D eigenvalue weighted by molar-refractivity contribution is 5.92. The summed E-state index contributed by atoms with van der Waals surface area (Å²) in [5.41, 5.74) is 2.38. The summed E-state index contributed by atoms with van der Waals surface area (Å²) < 4.78 is 1.70. The molecule has 0 aliphatic carbocycles. The Morgan fingerprint density at radius 2 is 2.00 bits per heavy atom. The van der Waals surface area contributed by atoms with Crippen molar-refractivity contribution in [3.8, 4) is 0 Å². The second kappa shape index (κ2) is 7.65. The minimum atomic E-state index is -0.163. The van der Waals surface area contributed by atoms with Gasteiger partial charge in [-0.3, -0.25) is 9.48 Å². The molecule has 2 aromatic heterocycles. The number of aromatic nitrogens is 3. The summed E-state index contributed by atoms with van der Waals surface area (Å²) >= 11 is 0. The Hall–Kier alpha value is -2.41. The molecule has 0 unspecified atom stereocenters. The summed E-state index contributed by atoms with van der Waals surface area (Å²) in [5.74, 6) is 0.842. The molecule has 7 heteroatoms. The summed E-state index contributed by atoms with van der Waals surface area (Å²) in [6.07, 6.45) is 1.84. The summed E-state index contributed by atoms with van der Waals surface area (Å²) in [6, 6.07) is 5.85. The van der Waals surface area contributed by atoms with E-state index in [0.29, 0.717) is 12.2 Å². The molecule has 1 amide bonds. The number of piperazine rings is 1. The average molecular weight is 342 g/mol. The number of carbonyl (C=O) groups excluding carboxylic acids is 1. The van der Waals surface area contributed by atoms with Gasteiger partial charge >= 0.3 is 0 Å². The van der Waals surface area contributed by atoms with Crippen LogP contribution in [0.15, 0.2) is 24.4 Å². The number of rotatable bonds is 5. The first-order chi connectivity index (χ1) is 12.1. The molecule has 0 saturated carbocycles. The summed E-state index contributed by atoms with van der Waals surface area (Å²) in [4.78, 5) is 21.5. The van der Waals surface area contributed by atoms with E-state index in [0.717, 1.165) is 49.8 Å². The maximum absolute atomic E-state index is 12.1. The molecule has 0 aromatic carbocycles. The third-order valence-electron chi connectivity index (χ3n) is 4.75. The van der Waals surface area contributed by atoms with Gasteiger partial charge in [-0.2, -0.15) is 5.10 Å². The zero-order valence-corrected chi connectivity index (χ0v) is 15.2. The summed E-state index contributed by atoms with van der Waals surface area (Å²) in [5, 5.41) is 7.08. The minimum absolute atomic E-state index is 0.163. The Balaban J connectivity index is 1.53. The number of hydrogen-bond acceptors (Lipinski definition) is 5. The summed E-state index contributed by atoms with van der Waals surface area (Å²) in [7, 11) is 1.83. The highest BCUT2D eigenvalue weighted by atomic mass is 16.1. The van der Waals surface area contributed by atoms with Crippen molar-refractivity contribution in [2.45, 2.75) is 20.4 Å². The molecule has 1 N–H and O–H groups in total. The molecule has 3 rings (SSSR count). The fourth-order valence-corrected chi connectivity index (χ4v) is 2.95. The van der Waals surface area contributed by atoms with Crippen LogP contribution in [0.4, 0.5) is 5.82 Å². The zero-order valence-electron chi connectivity index (χ0n) is 15.2. The number of hydrogen-bond donors (Lipinski definition) is 1. The summed E-state index contributed by atoms with van der Waals surface area (Å²) in [6.45, 7) is 9.86. The van der Waals surface area contributed by atoms with Crippen LogP contribution < -0.4 is 10.2 Å². The van der Waals surface area contributed by atoms with Crippen LogP contribution >= 0.6 is 0 Å². The van der Waals surface area contributed by atoms with Crippen molar-refractivity contribution in [2.24, 2.45) is 7.05 Å². The lowest BCUT2D eigenvalue weighted by atomic mass is 10.2. The lowest BCUT2D eigenvalue weighted by Gasteiger charge is -2.34. The van der Waals surface area contributed by atoms with Crippen molar-refractivity contribution < 1.29 is 4.79 Å². The van der Waals surface area contributed by atoms with Gasteiger partial charge in [0.05, 0.1) is 0 Å². The third-order valence-corrected chi connectivity index (χ3v) is 4.75. The fourth-order valence-electron chi connectivity index (χ4n) is 2.95. The topological polar surface area (TPSA) is 66.3 Å². The number of nitrogens with zero attached hydrogens (tertiary/aromatic N) is 5. The Morgan fingerprint density at radius 1 is 1.24 bits per heavy atom. The molecule has 0 radical (unpaired) electrons. The predicted molar refractivity (Wildman–Crippen MR) is 97.7 cm³/mol. The van der Waals surface area contributed by atoms with Crippen molar-refractivity contribution in [3.05, 3.63) is 41.3 Å². The Morgan fingerprint density at radius 3 is 2.56 bits per heavy atom. The van der Waals surface area contributed by atoms with E-state index in [2.05, 4.69) is 32.1 Å². The molecule has 2 aromatic rings. The molecule has 0 atom stereocenters. The number of carbonyl (C=O) groups is 1. The van der Waals surface area contributed by atoms with Crippen molar-refractivity contribution in [2.75, 3.05) is 37.6 Å². The van der Waals surface area contributed by atoms with Gasteiger partial charge in [-0.05, 0) is 31.2 Å². The Bertz CT molecular complexity index is 696. The number of pyridine rings is 1. The molecule has 0 bridgehead atoms. The van der Waals surface area contributed by atoms with E-state index in [1.165, 1.54) is 0 Å². The molecule has 1 aliphatic rings. The first-order valence-electron chi connectivity index (χ1n) is 8.78. The lowest BCUT2D eigenvalue weighted by Crippen LogP contribution is -2.46. The van der Waals surface area contributed by atoms with Crippen molar-refractivity contribution >= 4 is 11.7 Å². The molecule has 3 heterocycles. The molecule has 1 aliphatic heterocycles. The van der Waals surface area contributed by atoms with E-state index >= 15 is 0 Å². The van der Waals surface area contributed by atoms with Gasteiger partial charge in [-0.1, -0.05) is 13.0 Å². The second-order valence-corrected chi connectivity index (χ2v) is 6.42. The quantitative estimate of drug-likeness (QED) is 0.884. The maximum Gasteiger partial charge on any atom is 0.272 e. The van der Waals surface area contributed by atoms with Gasteiger partial charge in [0.25, 0.3) is 5.91 Å². The average Bonchev–Trinajstić information content (AvgIpc) is 2.99. The first-order valence-corrected chi connectivity index (χ1v) is 8.78. The number of anilines is 1. The molecule has 7 nitrogen and oxygen atoms in total. The largest absolute Gasteiger partial charge is 0.354 e. The van der Waals surface area contributed by atoms with Crippen molar-refractivity contribution in [3.63, 3.8) is 0 Å². The Kier molecular flexibility index (Phi) is 5.33. The normalized spacial score (nSPS) is 15.4. The number of amides is 1. The van der Waals surface area contributed by atoms with Gasteiger partial charge in [0.2, 0.25) is 0 Å². The monoisotopic (exact) mass is 342 g/mol. The fraction of sp³-hybridized carbons (Fsp3) is 0.500. The van der Waals surface area contributed by atoms with Crippen molar-refractivity contribution in [1.82, 2.24) is 25.0 Å². The van der Waals surface area contributed by atoms with Crippen molar-refractivity contribution in [1.29, 1.82) is 0 Å². The predicted octanol–water partition coefficient (Wildman–Crippen LogP) is 1.20. The van der Waals surface area contributed by atoms with Crippen LogP contribution in [0.1, 0.15) is 28.7 Å². The van der Waals surface area contributed by atoms with Crippen LogP contribution in [0.5, 0.6) is 0 Å². The molecular formula is C18H26N6O. The van der Waals surface area contributed by atoms with E-state index in [1.54, 1.807) is 10.7 Å². The zero-order chi connectivity index (χ0) is 17.8. The third kappa shape index (κ3) is 4.17. The maximum atomic E-state index is 12.1. The molecule has 25 heavy (non-hydrogen) atoms. The highest BCUT2D eigenvalue weighted by Gasteiger charge is 2.16. The molecule has 134 valence electrons. The van der Waals surface area contributed by atoms with E-state index in [1.807, 2.05) is 32.3 Å². The van der Waals surface area contributed by atoms with Crippen LogP contribution in [0.25, 0.3) is 0 Å². The SMILES string of the molecule is CCN1CCN(c2ccc(CNC(=O)c3cc(C)n(C)n3)cn2)CC1. The van der Waals surface area contributed by atoms with Gasteiger partial charge < -0.3 is 15.1 Å². The van der Waals surface area contributed by atoms with Crippen LogP contribution in [0.2, 0.25) is 0 Å². The number of nitrogens with one attached hydrogen (secondary N) is 1. The van der Waals surface area contributed by atoms with Gasteiger partial charge in [0.15, 0.2) is 0 Å². The van der Waals surface area contributed by atoms with E-state index < -0.39 is 0 Å². The molecular weight excluding hydrogens is 316 g/mol. The number of aryl methyl sites for hydroxylation is 2. The van der Waals surface area contributed by atoms with Gasteiger partial charge in [-0.15, -0.1) is 0 Å². The van der Waals surface area contributed by atoms with Gasteiger partial charge in [0, 0.05) is 51.7 Å². The van der Waals surface area contributed by atoms with Crippen LogP contribution in [-0.2, 0) is 13.6 Å². The van der Waals surface area contributed by atoms with Gasteiger partial charge in [0.1, 0.15) is 11.5 Å². The lowest BCUT2D eigenvalue weighted by molar-refractivity contribution is 0.0945. The number of likely N-dealkylation sites (N-methyl/N-ethyl adjacent to an activating group) is 1. The standard InChI is InChI=1S/C18H26N6O/c1-4-23-7-9-24(10-8-23)17-6-5-15(12-19-17)13-20-18(25)16-11-14(2)22(3)21-16/h5-6,11-12H,4,7-10,13H2,1-3H3,(H,20,25). The second-order valence-electron chi connectivity index (χ2n) is 6.42. The van der Waals surface area contributed by atoms with Crippen LogP contribution in [-0.4, -0.2) is 58.3 Å². The van der Waals surface area contributed by atoms with E-state index in [4.69, 9.17) is 0 Å². The van der Waals surface area contributed by atoms with E-state index in [9.17, 15) is 4.79 Å². The molecule has 0 spiro atoms. The van der Waals surface area contributed by atoms with E-state index in [-0.39, 0.29) is 5.91 Å². The highest BCUT2D eigenvalue weighted by Crippen LogP contribution is 2.14. The molecule has 1 fully saturated rings. The van der Waals surface area contributed by atoms with Gasteiger partial charge in [-0.25, -0.2) is 4.98 Å². The molecule has 1 saturated heterocycles. The smallest absolute Gasteiger partial charge is 0.272 e.